The number of carboxylic acids is 1. The van der Waals surface area contributed by atoms with Crippen molar-refractivity contribution in [2.45, 2.75) is 26.3 Å². The van der Waals surface area contributed by atoms with Crippen LogP contribution < -0.4 is 5.32 Å². The van der Waals surface area contributed by atoms with Gasteiger partial charge >= 0.3 is 12.0 Å². The summed E-state index contributed by atoms with van der Waals surface area (Å²) < 4.78 is 0. The van der Waals surface area contributed by atoms with Gasteiger partial charge in [0.25, 0.3) is 5.91 Å². The van der Waals surface area contributed by atoms with E-state index in [2.05, 4.69) is 5.32 Å². The van der Waals surface area contributed by atoms with Crippen molar-refractivity contribution in [3.8, 4) is 0 Å². The molecule has 3 amide bonds. The number of hydrogen-bond donors (Lipinski definition) is 2. The van der Waals surface area contributed by atoms with Crippen LogP contribution in [-0.2, 0) is 9.59 Å². The lowest BCUT2D eigenvalue weighted by atomic mass is 10.0. The molecule has 2 N–H and O–H groups in total. The SMILES string of the molecule is CC(C)CC(C(=O)O)N1C(=O)CNC1=O. The van der Waals surface area contributed by atoms with E-state index in [0.717, 1.165) is 4.90 Å². The second-order valence-corrected chi connectivity index (χ2v) is 3.91. The van der Waals surface area contributed by atoms with Gasteiger partial charge in [0.05, 0.1) is 6.54 Å². The Labute approximate surface area is 87.2 Å². The minimum absolute atomic E-state index is 0.104. The van der Waals surface area contributed by atoms with Crippen LogP contribution in [0.4, 0.5) is 4.79 Å². The Morgan fingerprint density at radius 2 is 2.13 bits per heavy atom. The van der Waals surface area contributed by atoms with Crippen molar-refractivity contribution in [1.29, 1.82) is 0 Å². The molecule has 84 valence electrons. The molecular weight excluding hydrogens is 200 g/mol. The zero-order valence-corrected chi connectivity index (χ0v) is 8.69. The summed E-state index contributed by atoms with van der Waals surface area (Å²) in [6.45, 7) is 3.57. The van der Waals surface area contributed by atoms with Gasteiger partial charge in [0.15, 0.2) is 0 Å². The van der Waals surface area contributed by atoms with Gasteiger partial charge in [0.1, 0.15) is 6.04 Å². The van der Waals surface area contributed by atoms with Crippen LogP contribution in [0, 0.1) is 5.92 Å². The number of nitrogens with one attached hydrogen (secondary N) is 1. The van der Waals surface area contributed by atoms with E-state index >= 15 is 0 Å². The van der Waals surface area contributed by atoms with E-state index < -0.39 is 23.9 Å². The van der Waals surface area contributed by atoms with E-state index in [1.807, 2.05) is 13.8 Å². The molecule has 15 heavy (non-hydrogen) atoms. The molecule has 6 heteroatoms. The molecule has 0 spiro atoms. The maximum absolute atomic E-state index is 11.3. The molecule has 1 unspecified atom stereocenters. The third kappa shape index (κ3) is 2.45. The minimum atomic E-state index is -1.14. The number of nitrogens with zero attached hydrogens (tertiary/aromatic N) is 1. The van der Waals surface area contributed by atoms with Gasteiger partial charge in [-0.05, 0) is 12.3 Å². The van der Waals surface area contributed by atoms with E-state index in [4.69, 9.17) is 5.11 Å². The molecule has 0 aromatic carbocycles. The van der Waals surface area contributed by atoms with Crippen molar-refractivity contribution < 1.29 is 19.5 Å². The number of rotatable bonds is 4. The molecule has 1 saturated heterocycles. The summed E-state index contributed by atoms with van der Waals surface area (Å²) in [5.41, 5.74) is 0. The Bertz CT molecular complexity index is 284. The molecule has 1 fully saturated rings. The van der Waals surface area contributed by atoms with Crippen molar-refractivity contribution in [1.82, 2.24) is 10.2 Å². The Balaban J connectivity index is 2.83. The molecule has 1 heterocycles. The second kappa shape index (κ2) is 4.29. The first-order valence-corrected chi connectivity index (χ1v) is 4.76. The van der Waals surface area contributed by atoms with Gasteiger partial charge in [-0.25, -0.2) is 14.5 Å². The summed E-state index contributed by atoms with van der Waals surface area (Å²) in [4.78, 5) is 34.3. The largest absolute Gasteiger partial charge is 0.480 e. The lowest BCUT2D eigenvalue weighted by molar-refractivity contribution is -0.146. The third-order valence-corrected chi connectivity index (χ3v) is 2.17. The zero-order chi connectivity index (χ0) is 11.6. The van der Waals surface area contributed by atoms with Gasteiger partial charge in [0, 0.05) is 0 Å². The van der Waals surface area contributed by atoms with Crippen molar-refractivity contribution in [3.63, 3.8) is 0 Å². The predicted octanol–water partition coefficient (Wildman–Crippen LogP) is 0.0375. The molecule has 0 bridgehead atoms. The van der Waals surface area contributed by atoms with Crippen molar-refractivity contribution >= 4 is 17.9 Å². The van der Waals surface area contributed by atoms with E-state index in [9.17, 15) is 14.4 Å². The van der Waals surface area contributed by atoms with Gasteiger partial charge in [-0.2, -0.15) is 0 Å². The highest BCUT2D eigenvalue weighted by Crippen LogP contribution is 2.14. The van der Waals surface area contributed by atoms with Gasteiger partial charge < -0.3 is 10.4 Å². The van der Waals surface area contributed by atoms with Crippen LogP contribution in [0.3, 0.4) is 0 Å². The van der Waals surface area contributed by atoms with Gasteiger partial charge in [-0.3, -0.25) is 4.79 Å². The van der Waals surface area contributed by atoms with Crippen molar-refractivity contribution in [2.75, 3.05) is 6.54 Å². The second-order valence-electron chi connectivity index (χ2n) is 3.91. The molecule has 0 aromatic heterocycles. The molecule has 1 rings (SSSR count). The van der Waals surface area contributed by atoms with Crippen molar-refractivity contribution in [3.05, 3.63) is 0 Å². The Kier molecular flexibility index (Phi) is 3.28. The lowest BCUT2D eigenvalue weighted by Gasteiger charge is -2.22. The van der Waals surface area contributed by atoms with Crippen LogP contribution in [0.2, 0.25) is 0 Å². The first kappa shape index (κ1) is 11.5. The van der Waals surface area contributed by atoms with Crippen LogP contribution in [-0.4, -0.2) is 40.5 Å². The van der Waals surface area contributed by atoms with Crippen LogP contribution >= 0.6 is 0 Å². The summed E-state index contributed by atoms with van der Waals surface area (Å²) in [5.74, 6) is -1.52. The maximum atomic E-state index is 11.3. The first-order chi connectivity index (χ1) is 6.93. The topological polar surface area (TPSA) is 86.7 Å². The molecule has 1 aliphatic heterocycles. The van der Waals surface area contributed by atoms with E-state index in [1.165, 1.54) is 0 Å². The quantitative estimate of drug-likeness (QED) is 0.647. The number of urea groups is 1. The molecule has 6 nitrogen and oxygen atoms in total. The van der Waals surface area contributed by atoms with Crippen LogP contribution in [0.1, 0.15) is 20.3 Å². The summed E-state index contributed by atoms with van der Waals surface area (Å²) in [6, 6.07) is -1.67. The smallest absolute Gasteiger partial charge is 0.326 e. The lowest BCUT2D eigenvalue weighted by Crippen LogP contribution is -2.46. The number of carboxylic acid groups (broad SMARTS) is 1. The monoisotopic (exact) mass is 214 g/mol. The fourth-order valence-electron chi connectivity index (χ4n) is 1.51. The number of carbonyl (C=O) groups excluding carboxylic acids is 2. The van der Waals surface area contributed by atoms with Crippen LogP contribution in [0.5, 0.6) is 0 Å². The molecule has 0 saturated carbocycles. The van der Waals surface area contributed by atoms with Gasteiger partial charge in [0.2, 0.25) is 0 Å². The highest BCUT2D eigenvalue weighted by molar-refractivity contribution is 6.04. The molecule has 1 atom stereocenters. The minimum Gasteiger partial charge on any atom is -0.480 e. The summed E-state index contributed by atoms with van der Waals surface area (Å²) in [6.07, 6.45) is 0.272. The Morgan fingerprint density at radius 1 is 1.53 bits per heavy atom. The normalized spacial score (nSPS) is 18.2. The number of aliphatic carboxylic acids is 1. The molecule has 0 aliphatic carbocycles. The summed E-state index contributed by atoms with van der Waals surface area (Å²) in [5, 5.41) is 11.2. The average molecular weight is 214 g/mol. The summed E-state index contributed by atoms with van der Waals surface area (Å²) >= 11 is 0. The Hall–Kier alpha value is -1.59. The first-order valence-electron chi connectivity index (χ1n) is 4.76. The molecule has 0 aromatic rings. The number of hydrogen-bond acceptors (Lipinski definition) is 3. The van der Waals surface area contributed by atoms with E-state index in [0.29, 0.717) is 0 Å². The molecular formula is C9H14N2O4. The standard InChI is InChI=1S/C9H14N2O4/c1-5(2)3-6(8(13)14)11-7(12)4-10-9(11)15/h5-6H,3-4H2,1-2H3,(H,10,15)(H,13,14). The highest BCUT2D eigenvalue weighted by Gasteiger charge is 2.38. The van der Waals surface area contributed by atoms with Crippen molar-refractivity contribution in [2.24, 2.45) is 5.92 Å². The van der Waals surface area contributed by atoms with Crippen LogP contribution in [0.15, 0.2) is 0 Å². The predicted molar refractivity (Wildman–Crippen MR) is 51.1 cm³/mol. The molecule has 1 aliphatic rings. The highest BCUT2D eigenvalue weighted by atomic mass is 16.4. The number of amides is 3. The van der Waals surface area contributed by atoms with Gasteiger partial charge in [-0.15, -0.1) is 0 Å². The van der Waals surface area contributed by atoms with E-state index in [1.54, 1.807) is 0 Å². The van der Waals surface area contributed by atoms with E-state index in [-0.39, 0.29) is 18.9 Å². The third-order valence-electron chi connectivity index (χ3n) is 2.17. The fraction of sp³-hybridized carbons (Fsp3) is 0.667. The Morgan fingerprint density at radius 3 is 2.47 bits per heavy atom. The number of carbonyl (C=O) groups is 3. The molecule has 0 radical (unpaired) electrons. The fourth-order valence-corrected chi connectivity index (χ4v) is 1.51. The number of imide groups is 1. The van der Waals surface area contributed by atoms with Crippen LogP contribution in [0.25, 0.3) is 0 Å². The van der Waals surface area contributed by atoms with Gasteiger partial charge in [-0.1, -0.05) is 13.8 Å². The summed E-state index contributed by atoms with van der Waals surface area (Å²) in [7, 11) is 0. The average Bonchev–Trinajstić information content (AvgIpc) is 2.42. The maximum Gasteiger partial charge on any atom is 0.326 e. The zero-order valence-electron chi connectivity index (χ0n) is 8.69.